The molecule has 2 aliphatic rings. The number of rotatable bonds is 3. The largest absolute Gasteiger partial charge is 0.480 e. The molecule has 2 aromatic rings. The van der Waals surface area contributed by atoms with Crippen molar-refractivity contribution in [3.63, 3.8) is 0 Å². The monoisotopic (exact) mass is 550 g/mol. The van der Waals surface area contributed by atoms with Crippen molar-refractivity contribution in [2.24, 2.45) is 23.4 Å². The summed E-state index contributed by atoms with van der Waals surface area (Å²) < 4.78 is 2.85. The number of nitrogens with zero attached hydrogens (tertiary/aromatic N) is 3. The van der Waals surface area contributed by atoms with E-state index in [-0.39, 0.29) is 32.7 Å². The van der Waals surface area contributed by atoms with Crippen LogP contribution in [0.25, 0.3) is 10.2 Å². The molecule has 2 unspecified atom stereocenters. The van der Waals surface area contributed by atoms with Crippen LogP contribution >= 0.6 is 23.1 Å². The van der Waals surface area contributed by atoms with Crippen molar-refractivity contribution in [2.75, 3.05) is 5.75 Å². The third-order valence-electron chi connectivity index (χ3n) is 5.79. The molecule has 0 spiro atoms. The average molecular weight is 551 g/mol. The number of thioether (sulfide) groups is 1. The number of fused-ring (bicyclic) bond motifs is 1. The second-order valence-corrected chi connectivity index (χ2v) is 10.8. The number of carbonyl (C=O) groups is 1. The van der Waals surface area contributed by atoms with E-state index in [4.69, 9.17) is 5.11 Å². The van der Waals surface area contributed by atoms with Gasteiger partial charge < -0.3 is 9.67 Å². The van der Waals surface area contributed by atoms with Crippen molar-refractivity contribution in [1.29, 1.82) is 0 Å². The Kier molecular flexibility index (Phi) is 12.8. The maximum absolute atomic E-state index is 10.8. The average Bonchev–Trinajstić information content (AvgIpc) is 3.35. The molecule has 1 saturated carbocycles. The first-order valence-electron chi connectivity index (χ1n) is 10.9. The molecule has 173 valence electrons. The third kappa shape index (κ3) is 8.62. The Balaban J connectivity index is 0.000000318. The van der Waals surface area contributed by atoms with E-state index in [0.717, 1.165) is 26.2 Å². The number of aromatic nitrogens is 2. The quantitative estimate of drug-likeness (QED) is 0.232. The Bertz CT molecular complexity index is 914. The number of hydrogen-bond acceptors (Lipinski definition) is 5. The Labute approximate surface area is 226 Å². The summed E-state index contributed by atoms with van der Waals surface area (Å²) in [6.45, 7) is 13.2. The van der Waals surface area contributed by atoms with Gasteiger partial charge in [-0.1, -0.05) is 46.1 Å². The molecule has 0 bridgehead atoms. The Hall–Kier alpha value is -0.626. The summed E-state index contributed by atoms with van der Waals surface area (Å²) in [5.41, 5.74) is 1.53. The van der Waals surface area contributed by atoms with Gasteiger partial charge in [0.2, 0.25) is 0 Å². The van der Waals surface area contributed by atoms with Gasteiger partial charge in [0.1, 0.15) is 23.3 Å². The number of aryl methyl sites for hydroxylation is 1. The summed E-state index contributed by atoms with van der Waals surface area (Å²) in [5.74, 6) is 0.649. The number of carboxylic acids is 1. The minimum Gasteiger partial charge on any atom is -0.480 e. The fourth-order valence-electron chi connectivity index (χ4n) is 3.77. The first-order valence-corrected chi connectivity index (χ1v) is 12.7. The third-order valence-corrected chi connectivity index (χ3v) is 8.00. The summed E-state index contributed by atoms with van der Waals surface area (Å²) in [5, 5.41) is 10.4. The van der Waals surface area contributed by atoms with E-state index in [1.54, 1.807) is 0 Å². The number of carboxylic acid groups (broad SMARTS) is 1. The summed E-state index contributed by atoms with van der Waals surface area (Å²) in [6, 6.07) is 1.24. The number of aliphatic carboxylic acids is 1. The predicted molar refractivity (Wildman–Crippen MR) is 132 cm³/mol. The number of thiazole rings is 1. The Morgan fingerprint density at radius 2 is 2.06 bits per heavy atom. The molecule has 2 aromatic heterocycles. The van der Waals surface area contributed by atoms with Gasteiger partial charge in [-0.05, 0) is 35.3 Å². The smallest absolute Gasteiger partial charge is 0.329 e. The number of aliphatic imine (C=N–C) groups is 1. The molecule has 3 heterocycles. The van der Waals surface area contributed by atoms with Crippen LogP contribution in [0.15, 0.2) is 30.4 Å². The maximum Gasteiger partial charge on any atom is 0.329 e. The zero-order valence-electron chi connectivity index (χ0n) is 19.8. The molecule has 0 saturated heterocycles. The first-order chi connectivity index (χ1) is 14.8. The van der Waals surface area contributed by atoms with Crippen molar-refractivity contribution in [3.8, 4) is 0 Å². The van der Waals surface area contributed by atoms with Crippen molar-refractivity contribution < 1.29 is 47.2 Å². The van der Waals surface area contributed by atoms with E-state index in [1.807, 2.05) is 23.9 Å². The second-order valence-electron chi connectivity index (χ2n) is 8.75. The summed E-state index contributed by atoms with van der Waals surface area (Å²) in [6.07, 6.45) is 13.7. The van der Waals surface area contributed by atoms with Crippen LogP contribution in [-0.2, 0) is 44.6 Å². The van der Waals surface area contributed by atoms with Crippen LogP contribution in [-0.4, -0.2) is 32.9 Å². The van der Waals surface area contributed by atoms with E-state index >= 15 is 0 Å². The SMILES string of the molecule is C=C.CCC1CCCC(C)(C)CC1.C[n+]1[c-]cc2sc(C3=NC(C(=O)O)CS3)nc2c1.[Y]. The molecule has 0 amide bonds. The fraction of sp³-hybridized carbons (Fsp3) is 0.583. The van der Waals surface area contributed by atoms with Crippen molar-refractivity contribution >= 4 is 44.3 Å². The van der Waals surface area contributed by atoms with E-state index < -0.39 is 12.0 Å². The summed E-state index contributed by atoms with van der Waals surface area (Å²) >= 11 is 2.97. The van der Waals surface area contributed by atoms with Crippen LogP contribution in [0.2, 0.25) is 0 Å². The van der Waals surface area contributed by atoms with Crippen LogP contribution in [0, 0.1) is 17.5 Å². The number of pyridine rings is 1. The molecule has 1 N–H and O–H groups in total. The van der Waals surface area contributed by atoms with Crippen LogP contribution in [0.1, 0.15) is 64.3 Å². The molecule has 5 nitrogen and oxygen atoms in total. The van der Waals surface area contributed by atoms with E-state index in [2.05, 4.69) is 50.1 Å². The number of hydrogen-bond donors (Lipinski definition) is 1. The maximum atomic E-state index is 10.8. The van der Waals surface area contributed by atoms with Gasteiger partial charge in [0.15, 0.2) is 6.04 Å². The molecular weight excluding hydrogens is 515 g/mol. The minimum absolute atomic E-state index is 0. The van der Waals surface area contributed by atoms with Gasteiger partial charge >= 0.3 is 5.97 Å². The van der Waals surface area contributed by atoms with Crippen molar-refractivity contribution in [2.45, 2.75) is 65.3 Å². The van der Waals surface area contributed by atoms with Gasteiger partial charge in [0, 0.05) is 44.0 Å². The van der Waals surface area contributed by atoms with Crippen molar-refractivity contribution in [1.82, 2.24) is 4.98 Å². The molecular formula is C24H35N3O2S2Y. The molecule has 1 aliphatic heterocycles. The van der Waals surface area contributed by atoms with E-state index in [1.165, 1.54) is 61.6 Å². The minimum atomic E-state index is -0.877. The van der Waals surface area contributed by atoms with Gasteiger partial charge in [0.25, 0.3) is 0 Å². The van der Waals surface area contributed by atoms with Gasteiger partial charge in [-0.25, -0.2) is 4.79 Å². The predicted octanol–water partition coefficient (Wildman–Crippen LogP) is 5.67. The first kappa shape index (κ1) is 29.4. The summed E-state index contributed by atoms with van der Waals surface area (Å²) in [4.78, 5) is 19.5. The molecule has 1 fully saturated rings. The van der Waals surface area contributed by atoms with Crippen LogP contribution in [0.3, 0.4) is 0 Å². The van der Waals surface area contributed by atoms with Crippen molar-refractivity contribution in [3.05, 3.63) is 36.6 Å². The zero-order valence-corrected chi connectivity index (χ0v) is 24.2. The van der Waals surface area contributed by atoms with Gasteiger partial charge in [-0.3, -0.25) is 9.98 Å². The van der Waals surface area contributed by atoms with Gasteiger partial charge in [0.05, 0.1) is 6.20 Å². The van der Waals surface area contributed by atoms with E-state index in [0.29, 0.717) is 11.2 Å². The van der Waals surface area contributed by atoms with Crippen LogP contribution in [0.5, 0.6) is 0 Å². The Morgan fingerprint density at radius 3 is 2.69 bits per heavy atom. The molecule has 0 aromatic carbocycles. The molecule has 32 heavy (non-hydrogen) atoms. The molecule has 4 rings (SSSR count). The molecule has 1 radical (unpaired) electrons. The standard InChI is InChI=1S/C11H9N3O2S2.C11H22.C2H4.Y/c1-14-3-2-8-6(4-14)12-10(18-8)9-13-7(5-17-9)11(15)16;1-4-10-6-5-8-11(2,3)9-7-10;1-2;/h2,4,7H,5H2,1H3,(H,15,16);10H,4-9H2,1-3H3;1-2H2;. The molecule has 1 aliphatic carbocycles. The molecule has 8 heteroatoms. The van der Waals surface area contributed by atoms with Crippen LogP contribution in [0.4, 0.5) is 0 Å². The zero-order chi connectivity index (χ0) is 23.0. The molecule has 2 atom stereocenters. The Morgan fingerprint density at radius 1 is 1.34 bits per heavy atom. The topological polar surface area (TPSA) is 66.4 Å². The van der Waals surface area contributed by atoms with E-state index in [9.17, 15) is 4.79 Å². The van der Waals surface area contributed by atoms with Crippen LogP contribution < -0.4 is 4.57 Å². The fourth-order valence-corrected chi connectivity index (χ4v) is 5.78. The second kappa shape index (κ2) is 13.9. The van der Waals surface area contributed by atoms with Gasteiger partial charge in [-0.2, -0.15) is 11.3 Å². The van der Waals surface area contributed by atoms with Gasteiger partial charge in [-0.15, -0.1) is 24.9 Å². The summed E-state index contributed by atoms with van der Waals surface area (Å²) in [7, 11) is 1.89. The normalized spacial score (nSPS) is 21.7.